The van der Waals surface area contributed by atoms with Crippen LogP contribution < -0.4 is 20.3 Å². The van der Waals surface area contributed by atoms with E-state index in [1.165, 1.54) is 26.2 Å². The third-order valence-electron chi connectivity index (χ3n) is 5.21. The third kappa shape index (κ3) is 4.40. The first kappa shape index (κ1) is 22.1. The van der Waals surface area contributed by atoms with E-state index in [1.807, 2.05) is 4.90 Å². The highest BCUT2D eigenvalue weighted by atomic mass is 32.2. The number of carbonyl (C=O) groups is 2. The Morgan fingerprint density at radius 3 is 2.59 bits per heavy atom. The summed E-state index contributed by atoms with van der Waals surface area (Å²) >= 11 is 0. The molecule has 0 aromatic heterocycles. The molecule has 0 saturated carbocycles. The van der Waals surface area contributed by atoms with Gasteiger partial charge in [0.25, 0.3) is 11.8 Å². The van der Waals surface area contributed by atoms with E-state index in [0.29, 0.717) is 49.1 Å². The number of amides is 2. The molecule has 2 N–H and O–H groups in total. The van der Waals surface area contributed by atoms with Crippen molar-refractivity contribution in [3.8, 4) is 5.75 Å². The molecule has 0 atom stereocenters. The van der Waals surface area contributed by atoms with E-state index in [9.17, 15) is 18.0 Å². The maximum Gasteiger partial charge on any atom is 0.262 e. The number of nitrogens with one attached hydrogen (secondary N) is 2. The second kappa shape index (κ2) is 8.77. The molecule has 2 aromatic rings. The summed E-state index contributed by atoms with van der Waals surface area (Å²) < 4.78 is 37.1. The van der Waals surface area contributed by atoms with E-state index < -0.39 is 15.9 Å². The van der Waals surface area contributed by atoms with Crippen LogP contribution in [0.25, 0.3) is 0 Å². The molecule has 10 nitrogen and oxygen atoms in total. The minimum atomic E-state index is -3.73. The van der Waals surface area contributed by atoms with E-state index in [0.717, 1.165) is 4.31 Å². The normalized spacial score (nSPS) is 16.2. The molecule has 2 heterocycles. The number of hydrogen-bond donors (Lipinski definition) is 2. The van der Waals surface area contributed by atoms with Gasteiger partial charge in [-0.25, -0.2) is 12.7 Å². The van der Waals surface area contributed by atoms with Crippen molar-refractivity contribution in [1.82, 2.24) is 4.31 Å². The van der Waals surface area contributed by atoms with Crippen LogP contribution >= 0.6 is 0 Å². The smallest absolute Gasteiger partial charge is 0.262 e. The van der Waals surface area contributed by atoms with Gasteiger partial charge in [-0.05, 0) is 36.4 Å². The molecule has 170 valence electrons. The zero-order valence-electron chi connectivity index (χ0n) is 17.8. The summed E-state index contributed by atoms with van der Waals surface area (Å²) in [6.07, 6.45) is 0. The van der Waals surface area contributed by atoms with Gasteiger partial charge in [-0.15, -0.1) is 0 Å². The molecule has 0 radical (unpaired) electrons. The predicted molar refractivity (Wildman–Crippen MR) is 119 cm³/mol. The Kier molecular flexibility index (Phi) is 6.04. The quantitative estimate of drug-likeness (QED) is 0.692. The fraction of sp³-hybridized carbons (Fsp3) is 0.333. The molecule has 2 aromatic carbocycles. The van der Waals surface area contributed by atoms with Crippen molar-refractivity contribution in [2.75, 3.05) is 62.5 Å². The lowest BCUT2D eigenvalue weighted by Crippen LogP contribution is -2.37. The number of benzene rings is 2. The Bertz CT molecular complexity index is 1160. The molecule has 0 spiro atoms. The van der Waals surface area contributed by atoms with Crippen molar-refractivity contribution < 1.29 is 27.5 Å². The van der Waals surface area contributed by atoms with E-state index in [1.54, 1.807) is 24.3 Å². The SMILES string of the molecule is CN(C)S(=O)(=O)c1ccc(N2CCOCC2)c(C(=O)Nc2ccc3c(c2)NC(=O)CO3)c1. The number of fused-ring (bicyclic) bond motifs is 1. The number of ether oxygens (including phenoxy) is 2. The second-order valence-corrected chi connectivity index (χ2v) is 9.72. The minimum Gasteiger partial charge on any atom is -0.482 e. The van der Waals surface area contributed by atoms with Crippen LogP contribution in [0.15, 0.2) is 41.3 Å². The molecule has 4 rings (SSSR count). The number of sulfonamides is 1. The fourth-order valence-corrected chi connectivity index (χ4v) is 4.44. The van der Waals surface area contributed by atoms with Crippen LogP contribution in [0.1, 0.15) is 10.4 Å². The Hall–Kier alpha value is -3.15. The fourth-order valence-electron chi connectivity index (χ4n) is 3.51. The number of nitrogens with zero attached hydrogens (tertiary/aromatic N) is 2. The monoisotopic (exact) mass is 460 g/mol. The van der Waals surface area contributed by atoms with Crippen LogP contribution in [0, 0.1) is 0 Å². The number of rotatable bonds is 5. The standard InChI is InChI=1S/C21H24N4O6S/c1-24(2)32(28,29)15-4-5-18(25-7-9-30-10-8-25)16(12-15)21(27)22-14-3-6-19-17(11-14)23-20(26)13-31-19/h3-6,11-12H,7-10,13H2,1-2H3,(H,22,27)(H,23,26). The largest absolute Gasteiger partial charge is 0.482 e. The van der Waals surface area contributed by atoms with Gasteiger partial charge >= 0.3 is 0 Å². The first-order valence-electron chi connectivity index (χ1n) is 10.0. The molecule has 11 heteroatoms. The van der Waals surface area contributed by atoms with Crippen LogP contribution in [0.2, 0.25) is 0 Å². The minimum absolute atomic E-state index is 0.0239. The molecule has 0 unspecified atom stereocenters. The summed E-state index contributed by atoms with van der Waals surface area (Å²) in [7, 11) is -0.847. The lowest BCUT2D eigenvalue weighted by molar-refractivity contribution is -0.118. The van der Waals surface area contributed by atoms with Gasteiger partial charge in [-0.3, -0.25) is 9.59 Å². The van der Waals surface area contributed by atoms with E-state index in [4.69, 9.17) is 9.47 Å². The molecule has 32 heavy (non-hydrogen) atoms. The number of carbonyl (C=O) groups excluding carboxylic acids is 2. The maximum absolute atomic E-state index is 13.3. The predicted octanol–water partition coefficient (Wildman–Crippen LogP) is 1.36. The topological polar surface area (TPSA) is 117 Å². The van der Waals surface area contributed by atoms with Gasteiger partial charge in [0.05, 0.1) is 29.4 Å². The summed E-state index contributed by atoms with van der Waals surface area (Å²) in [4.78, 5) is 26.9. The van der Waals surface area contributed by atoms with Crippen LogP contribution in [-0.4, -0.2) is 71.5 Å². The molecule has 2 aliphatic heterocycles. The highest BCUT2D eigenvalue weighted by Gasteiger charge is 2.25. The van der Waals surface area contributed by atoms with E-state index in [2.05, 4.69) is 10.6 Å². The zero-order chi connectivity index (χ0) is 22.9. The maximum atomic E-state index is 13.3. The van der Waals surface area contributed by atoms with Gasteiger partial charge in [0.15, 0.2) is 6.61 Å². The highest BCUT2D eigenvalue weighted by Crippen LogP contribution is 2.32. The first-order valence-corrected chi connectivity index (χ1v) is 11.5. The lowest BCUT2D eigenvalue weighted by atomic mass is 10.1. The van der Waals surface area contributed by atoms with Crippen LogP contribution in [0.5, 0.6) is 5.75 Å². The van der Waals surface area contributed by atoms with Crippen molar-refractivity contribution in [2.24, 2.45) is 0 Å². The van der Waals surface area contributed by atoms with Crippen LogP contribution in [0.4, 0.5) is 17.1 Å². The first-order chi connectivity index (χ1) is 15.3. The number of hydrogen-bond acceptors (Lipinski definition) is 7. The molecule has 1 saturated heterocycles. The Morgan fingerprint density at radius 2 is 1.88 bits per heavy atom. The summed E-state index contributed by atoms with van der Waals surface area (Å²) in [5.74, 6) is -0.238. The van der Waals surface area contributed by atoms with Gasteiger partial charge in [-0.1, -0.05) is 0 Å². The van der Waals surface area contributed by atoms with Gasteiger partial charge in [0.2, 0.25) is 10.0 Å². The Balaban J connectivity index is 1.69. The van der Waals surface area contributed by atoms with Crippen molar-refractivity contribution >= 4 is 38.9 Å². The summed E-state index contributed by atoms with van der Waals surface area (Å²) in [6.45, 7) is 2.14. The highest BCUT2D eigenvalue weighted by molar-refractivity contribution is 7.89. The van der Waals surface area contributed by atoms with Crippen LogP contribution in [0.3, 0.4) is 0 Å². The number of morpholine rings is 1. The van der Waals surface area contributed by atoms with Crippen molar-refractivity contribution in [3.63, 3.8) is 0 Å². The molecular weight excluding hydrogens is 436 g/mol. The molecule has 0 bridgehead atoms. The van der Waals surface area contributed by atoms with Crippen LogP contribution in [-0.2, 0) is 19.6 Å². The average molecular weight is 461 g/mol. The molecule has 0 aliphatic carbocycles. The molecule has 1 fully saturated rings. The molecule has 2 aliphatic rings. The van der Waals surface area contributed by atoms with E-state index >= 15 is 0 Å². The van der Waals surface area contributed by atoms with Gasteiger partial charge in [0.1, 0.15) is 5.75 Å². The number of anilines is 3. The Labute approximate surface area is 186 Å². The summed E-state index contributed by atoms with van der Waals surface area (Å²) in [6, 6.07) is 9.45. The Morgan fingerprint density at radius 1 is 1.12 bits per heavy atom. The van der Waals surface area contributed by atoms with E-state index in [-0.39, 0.29) is 23.0 Å². The van der Waals surface area contributed by atoms with Crippen molar-refractivity contribution in [3.05, 3.63) is 42.0 Å². The third-order valence-corrected chi connectivity index (χ3v) is 7.02. The molecular formula is C21H24N4O6S. The average Bonchev–Trinajstić information content (AvgIpc) is 2.78. The lowest BCUT2D eigenvalue weighted by Gasteiger charge is -2.30. The van der Waals surface area contributed by atoms with Gasteiger partial charge in [-0.2, -0.15) is 0 Å². The van der Waals surface area contributed by atoms with Gasteiger partial charge in [0, 0.05) is 38.6 Å². The second-order valence-electron chi connectivity index (χ2n) is 7.57. The zero-order valence-corrected chi connectivity index (χ0v) is 18.6. The summed E-state index contributed by atoms with van der Waals surface area (Å²) in [5, 5.41) is 5.49. The van der Waals surface area contributed by atoms with Crippen molar-refractivity contribution in [1.29, 1.82) is 0 Å². The molecule has 2 amide bonds. The summed E-state index contributed by atoms with van der Waals surface area (Å²) in [5.41, 5.74) is 1.75. The van der Waals surface area contributed by atoms with Gasteiger partial charge < -0.3 is 25.0 Å². The van der Waals surface area contributed by atoms with Crippen molar-refractivity contribution in [2.45, 2.75) is 4.90 Å².